The third-order valence-corrected chi connectivity index (χ3v) is 3.04. The average molecular weight is 303 g/mol. The van der Waals surface area contributed by atoms with E-state index in [9.17, 15) is 0 Å². The molecule has 0 aliphatic rings. The van der Waals surface area contributed by atoms with Gasteiger partial charge in [-0.15, -0.1) is 0 Å². The van der Waals surface area contributed by atoms with E-state index < -0.39 is 0 Å². The van der Waals surface area contributed by atoms with Crippen molar-refractivity contribution in [2.45, 2.75) is 0 Å². The number of hydrogen-bond donors (Lipinski definition) is 0. The lowest BCUT2D eigenvalue weighted by Crippen LogP contribution is -1.92. The predicted octanol–water partition coefficient (Wildman–Crippen LogP) is 2.91. The lowest BCUT2D eigenvalue weighted by molar-refractivity contribution is 0.398. The van der Waals surface area contributed by atoms with Gasteiger partial charge in [0.15, 0.2) is 0 Å². The molecule has 84 valence electrons. The van der Waals surface area contributed by atoms with E-state index in [1.54, 1.807) is 16.9 Å². The van der Waals surface area contributed by atoms with Crippen LogP contribution < -0.4 is 4.74 Å². The van der Waals surface area contributed by atoms with E-state index in [0.29, 0.717) is 10.9 Å². The van der Waals surface area contributed by atoms with E-state index in [1.165, 1.54) is 7.11 Å². The van der Waals surface area contributed by atoms with Gasteiger partial charge in [0.1, 0.15) is 10.7 Å². The number of hydrogen-bond acceptors (Lipinski definition) is 3. The summed E-state index contributed by atoms with van der Waals surface area (Å²) >= 11 is 9.60. The number of methoxy groups -OCH3 is 1. The highest BCUT2D eigenvalue weighted by Gasteiger charge is 2.15. The SMILES string of the molecule is COc1nccc(-c2nn(C)cc2Br)c1Cl. The first-order valence-electron chi connectivity index (χ1n) is 4.51. The first kappa shape index (κ1) is 11.4. The van der Waals surface area contributed by atoms with Gasteiger partial charge in [-0.25, -0.2) is 4.98 Å². The van der Waals surface area contributed by atoms with Crippen molar-refractivity contribution in [3.05, 3.63) is 28.0 Å². The van der Waals surface area contributed by atoms with E-state index in [0.717, 1.165) is 15.7 Å². The van der Waals surface area contributed by atoms with Gasteiger partial charge in [0.25, 0.3) is 0 Å². The fraction of sp³-hybridized carbons (Fsp3) is 0.200. The Labute approximate surface area is 106 Å². The van der Waals surface area contributed by atoms with Crippen LogP contribution in [0.3, 0.4) is 0 Å². The highest BCUT2D eigenvalue weighted by atomic mass is 79.9. The second-order valence-electron chi connectivity index (χ2n) is 3.18. The quantitative estimate of drug-likeness (QED) is 0.856. The Balaban J connectivity index is 2.60. The van der Waals surface area contributed by atoms with Gasteiger partial charge in [0, 0.05) is 25.0 Å². The summed E-state index contributed by atoms with van der Waals surface area (Å²) in [4.78, 5) is 4.02. The number of halogens is 2. The lowest BCUT2D eigenvalue weighted by Gasteiger charge is -2.05. The molecule has 4 nitrogen and oxygen atoms in total. The Hall–Kier alpha value is -1.07. The Morgan fingerprint density at radius 3 is 2.81 bits per heavy atom. The molecule has 0 spiro atoms. The molecular weight excluding hydrogens is 293 g/mol. The molecule has 0 N–H and O–H groups in total. The predicted molar refractivity (Wildman–Crippen MR) is 65.7 cm³/mol. The van der Waals surface area contributed by atoms with E-state index in [2.05, 4.69) is 26.0 Å². The van der Waals surface area contributed by atoms with E-state index in [4.69, 9.17) is 16.3 Å². The van der Waals surface area contributed by atoms with Crippen LogP contribution in [0.25, 0.3) is 11.3 Å². The van der Waals surface area contributed by atoms with E-state index in [-0.39, 0.29) is 0 Å². The Morgan fingerprint density at radius 2 is 2.25 bits per heavy atom. The molecule has 0 atom stereocenters. The maximum absolute atomic E-state index is 6.17. The number of ether oxygens (including phenoxy) is 1. The Morgan fingerprint density at radius 1 is 1.50 bits per heavy atom. The normalized spacial score (nSPS) is 10.5. The number of rotatable bonds is 2. The highest BCUT2D eigenvalue weighted by Crippen LogP contribution is 2.35. The summed E-state index contributed by atoms with van der Waals surface area (Å²) in [7, 11) is 3.38. The van der Waals surface area contributed by atoms with Gasteiger partial charge in [-0.3, -0.25) is 4.68 Å². The van der Waals surface area contributed by atoms with Crippen molar-refractivity contribution < 1.29 is 4.74 Å². The Kier molecular flexibility index (Phi) is 3.16. The molecule has 6 heteroatoms. The van der Waals surface area contributed by atoms with Gasteiger partial charge < -0.3 is 4.74 Å². The summed E-state index contributed by atoms with van der Waals surface area (Å²) in [6, 6.07) is 1.80. The van der Waals surface area contributed by atoms with Crippen LogP contribution in [0.5, 0.6) is 5.88 Å². The van der Waals surface area contributed by atoms with Crippen LogP contribution in [0.2, 0.25) is 5.02 Å². The molecule has 0 bridgehead atoms. The van der Waals surface area contributed by atoms with Crippen LogP contribution in [-0.4, -0.2) is 21.9 Å². The van der Waals surface area contributed by atoms with Gasteiger partial charge in [-0.2, -0.15) is 5.10 Å². The number of pyridine rings is 1. The van der Waals surface area contributed by atoms with Crippen molar-refractivity contribution in [2.75, 3.05) is 7.11 Å². The second-order valence-corrected chi connectivity index (χ2v) is 4.41. The third kappa shape index (κ3) is 1.92. The molecular formula is C10H9BrClN3O. The first-order chi connectivity index (χ1) is 7.63. The van der Waals surface area contributed by atoms with Gasteiger partial charge in [0.05, 0.1) is 11.6 Å². The average Bonchev–Trinajstić information content (AvgIpc) is 2.58. The zero-order chi connectivity index (χ0) is 11.7. The van der Waals surface area contributed by atoms with Crippen molar-refractivity contribution in [1.29, 1.82) is 0 Å². The third-order valence-electron chi connectivity index (χ3n) is 2.09. The molecule has 0 aromatic carbocycles. The largest absolute Gasteiger partial charge is 0.480 e. The molecule has 0 unspecified atom stereocenters. The van der Waals surface area contributed by atoms with E-state index >= 15 is 0 Å². The van der Waals surface area contributed by atoms with E-state index in [1.807, 2.05) is 13.2 Å². The van der Waals surface area contributed by atoms with Crippen LogP contribution >= 0.6 is 27.5 Å². The van der Waals surface area contributed by atoms with Crippen molar-refractivity contribution in [3.8, 4) is 17.1 Å². The fourth-order valence-electron chi connectivity index (χ4n) is 1.39. The zero-order valence-corrected chi connectivity index (χ0v) is 11.1. The molecule has 2 aromatic rings. The van der Waals surface area contributed by atoms with Gasteiger partial charge >= 0.3 is 0 Å². The molecule has 0 radical (unpaired) electrons. The van der Waals surface area contributed by atoms with Gasteiger partial charge in [-0.05, 0) is 22.0 Å². The second kappa shape index (κ2) is 4.43. The Bertz CT molecular complexity index is 527. The van der Waals surface area contributed by atoms with Gasteiger partial charge in [0.2, 0.25) is 5.88 Å². The fourth-order valence-corrected chi connectivity index (χ4v) is 2.26. The maximum atomic E-state index is 6.17. The standard InChI is InChI=1S/C10H9BrClN3O/c1-15-5-7(11)9(14-15)6-3-4-13-10(16-2)8(6)12/h3-5H,1-2H3. The lowest BCUT2D eigenvalue weighted by atomic mass is 10.2. The van der Waals surface area contributed by atoms with Crippen LogP contribution in [0.15, 0.2) is 22.9 Å². The molecule has 0 saturated heterocycles. The zero-order valence-electron chi connectivity index (χ0n) is 8.74. The van der Waals surface area contributed by atoms with Crippen molar-refractivity contribution in [3.63, 3.8) is 0 Å². The topological polar surface area (TPSA) is 39.9 Å². The molecule has 2 aromatic heterocycles. The minimum atomic E-state index is 0.400. The summed E-state index contributed by atoms with van der Waals surface area (Å²) in [5.74, 6) is 0.400. The first-order valence-corrected chi connectivity index (χ1v) is 5.68. The molecule has 0 saturated carbocycles. The molecule has 0 aliphatic carbocycles. The summed E-state index contributed by atoms with van der Waals surface area (Å²) < 4.78 is 7.65. The molecule has 0 aliphatic heterocycles. The monoisotopic (exact) mass is 301 g/mol. The molecule has 0 fully saturated rings. The van der Waals surface area contributed by atoms with Crippen molar-refractivity contribution >= 4 is 27.5 Å². The van der Waals surface area contributed by atoms with Crippen molar-refractivity contribution in [1.82, 2.24) is 14.8 Å². The highest BCUT2D eigenvalue weighted by molar-refractivity contribution is 9.10. The summed E-state index contributed by atoms with van der Waals surface area (Å²) in [6.45, 7) is 0. The molecule has 2 rings (SSSR count). The van der Waals surface area contributed by atoms with Gasteiger partial charge in [-0.1, -0.05) is 11.6 Å². The summed E-state index contributed by atoms with van der Waals surface area (Å²) in [5, 5.41) is 4.78. The van der Waals surface area contributed by atoms with Crippen LogP contribution in [0, 0.1) is 0 Å². The number of aromatic nitrogens is 3. The molecule has 2 heterocycles. The van der Waals surface area contributed by atoms with Crippen LogP contribution in [0.1, 0.15) is 0 Å². The number of nitrogens with zero attached hydrogens (tertiary/aromatic N) is 3. The molecule has 16 heavy (non-hydrogen) atoms. The number of aryl methyl sites for hydroxylation is 1. The van der Waals surface area contributed by atoms with Crippen molar-refractivity contribution in [2.24, 2.45) is 7.05 Å². The van der Waals surface area contributed by atoms with Crippen LogP contribution in [0.4, 0.5) is 0 Å². The maximum Gasteiger partial charge on any atom is 0.232 e. The minimum absolute atomic E-state index is 0.400. The smallest absolute Gasteiger partial charge is 0.232 e. The van der Waals surface area contributed by atoms with Crippen LogP contribution in [-0.2, 0) is 7.05 Å². The summed E-state index contributed by atoms with van der Waals surface area (Å²) in [6.07, 6.45) is 3.50. The summed E-state index contributed by atoms with van der Waals surface area (Å²) in [5.41, 5.74) is 1.56. The minimum Gasteiger partial charge on any atom is -0.480 e. The molecule has 0 amide bonds.